The van der Waals surface area contributed by atoms with Gasteiger partial charge in [-0.15, -0.1) is 0 Å². The molecule has 1 aliphatic heterocycles. The van der Waals surface area contributed by atoms with Gasteiger partial charge >= 0.3 is 0 Å². The van der Waals surface area contributed by atoms with Gasteiger partial charge in [0.15, 0.2) is 0 Å². The highest BCUT2D eigenvalue weighted by Gasteiger charge is 2.14. The number of hydrogen-bond acceptors (Lipinski definition) is 3. The maximum absolute atomic E-state index is 5.45. The third-order valence-corrected chi connectivity index (χ3v) is 3.16. The number of hydrogen-bond donors (Lipinski definition) is 2. The summed E-state index contributed by atoms with van der Waals surface area (Å²) in [5, 5.41) is 3.41. The highest BCUT2D eigenvalue weighted by atomic mass is 15.1. The lowest BCUT2D eigenvalue weighted by molar-refractivity contribution is 0.655. The molecular formula is C13H21N3. The molecule has 1 aromatic carbocycles. The number of nitrogens with zero attached hydrogens (tertiary/aromatic N) is 1. The molecule has 0 saturated carbocycles. The zero-order valence-corrected chi connectivity index (χ0v) is 10.00. The van der Waals surface area contributed by atoms with Gasteiger partial charge in [-0.2, -0.15) is 0 Å². The van der Waals surface area contributed by atoms with Gasteiger partial charge in [0.25, 0.3) is 0 Å². The summed E-state index contributed by atoms with van der Waals surface area (Å²) >= 11 is 0. The van der Waals surface area contributed by atoms with Crippen LogP contribution >= 0.6 is 0 Å². The van der Waals surface area contributed by atoms with Crippen LogP contribution in [0.1, 0.15) is 17.5 Å². The molecule has 0 unspecified atom stereocenters. The lowest BCUT2D eigenvalue weighted by Crippen LogP contribution is -2.17. The Balaban J connectivity index is 1.92. The monoisotopic (exact) mass is 219 g/mol. The van der Waals surface area contributed by atoms with E-state index in [0.717, 1.165) is 32.6 Å². The molecule has 0 radical (unpaired) electrons. The van der Waals surface area contributed by atoms with E-state index in [2.05, 4.69) is 35.5 Å². The first-order valence-corrected chi connectivity index (χ1v) is 6.05. The largest absolute Gasteiger partial charge is 0.374 e. The minimum Gasteiger partial charge on any atom is -0.374 e. The van der Waals surface area contributed by atoms with Gasteiger partial charge in [-0.1, -0.05) is 12.1 Å². The molecule has 1 aromatic rings. The van der Waals surface area contributed by atoms with Crippen molar-refractivity contribution in [1.82, 2.24) is 5.32 Å². The normalized spacial score (nSPS) is 14.2. The van der Waals surface area contributed by atoms with Crippen molar-refractivity contribution in [2.75, 3.05) is 31.6 Å². The number of anilines is 1. The smallest absolute Gasteiger partial charge is 0.0397 e. The highest BCUT2D eigenvalue weighted by molar-refractivity contribution is 5.58. The van der Waals surface area contributed by atoms with Crippen LogP contribution in [0.5, 0.6) is 0 Å². The van der Waals surface area contributed by atoms with Gasteiger partial charge in [0, 0.05) is 25.8 Å². The van der Waals surface area contributed by atoms with Gasteiger partial charge in [0.05, 0.1) is 0 Å². The molecule has 88 valence electrons. The molecule has 3 heteroatoms. The van der Waals surface area contributed by atoms with Crippen molar-refractivity contribution < 1.29 is 0 Å². The summed E-state index contributed by atoms with van der Waals surface area (Å²) in [6.07, 6.45) is 2.23. The molecule has 0 saturated heterocycles. The Bertz CT molecular complexity index is 349. The van der Waals surface area contributed by atoms with Gasteiger partial charge < -0.3 is 16.0 Å². The first kappa shape index (κ1) is 11.4. The number of fused-ring (bicyclic) bond motifs is 1. The lowest BCUT2D eigenvalue weighted by Gasteiger charge is -2.12. The minimum absolute atomic E-state index is 0.766. The van der Waals surface area contributed by atoms with Crippen LogP contribution in [0.25, 0.3) is 0 Å². The molecule has 1 aliphatic rings. The fourth-order valence-electron chi connectivity index (χ4n) is 2.19. The summed E-state index contributed by atoms with van der Waals surface area (Å²) < 4.78 is 0. The summed E-state index contributed by atoms with van der Waals surface area (Å²) in [5.41, 5.74) is 9.71. The van der Waals surface area contributed by atoms with Gasteiger partial charge in [0.2, 0.25) is 0 Å². The molecular weight excluding hydrogens is 198 g/mol. The van der Waals surface area contributed by atoms with E-state index in [4.69, 9.17) is 5.73 Å². The van der Waals surface area contributed by atoms with E-state index < -0.39 is 0 Å². The summed E-state index contributed by atoms with van der Waals surface area (Å²) in [7, 11) is 2.16. The van der Waals surface area contributed by atoms with E-state index in [9.17, 15) is 0 Å². The maximum atomic E-state index is 5.45. The molecule has 3 N–H and O–H groups in total. The molecule has 3 nitrogen and oxygen atoms in total. The van der Waals surface area contributed by atoms with Crippen LogP contribution in [0.15, 0.2) is 18.2 Å². The van der Waals surface area contributed by atoms with Crippen molar-refractivity contribution in [3.8, 4) is 0 Å². The Morgan fingerprint density at radius 2 is 2.31 bits per heavy atom. The predicted molar refractivity (Wildman–Crippen MR) is 68.8 cm³/mol. The van der Waals surface area contributed by atoms with Gasteiger partial charge in [-0.3, -0.25) is 0 Å². The van der Waals surface area contributed by atoms with Crippen molar-refractivity contribution in [3.05, 3.63) is 29.3 Å². The van der Waals surface area contributed by atoms with E-state index in [-0.39, 0.29) is 0 Å². The van der Waals surface area contributed by atoms with E-state index in [1.54, 1.807) is 0 Å². The minimum atomic E-state index is 0.766. The third kappa shape index (κ3) is 2.54. The molecule has 0 spiro atoms. The number of rotatable bonds is 5. The van der Waals surface area contributed by atoms with Crippen molar-refractivity contribution in [2.45, 2.75) is 19.4 Å². The lowest BCUT2D eigenvalue weighted by atomic mass is 10.1. The van der Waals surface area contributed by atoms with E-state index >= 15 is 0 Å². The van der Waals surface area contributed by atoms with Crippen LogP contribution < -0.4 is 16.0 Å². The molecule has 2 rings (SSSR count). The van der Waals surface area contributed by atoms with Crippen molar-refractivity contribution in [1.29, 1.82) is 0 Å². The van der Waals surface area contributed by atoms with Crippen molar-refractivity contribution in [2.24, 2.45) is 5.73 Å². The maximum Gasteiger partial charge on any atom is 0.0397 e. The third-order valence-electron chi connectivity index (χ3n) is 3.16. The second-order valence-electron chi connectivity index (χ2n) is 4.45. The highest BCUT2D eigenvalue weighted by Crippen LogP contribution is 2.27. The Morgan fingerprint density at radius 3 is 3.12 bits per heavy atom. The van der Waals surface area contributed by atoms with Gasteiger partial charge in [-0.05, 0) is 43.1 Å². The topological polar surface area (TPSA) is 41.3 Å². The zero-order valence-electron chi connectivity index (χ0n) is 10.00. The zero-order chi connectivity index (χ0) is 11.4. The number of likely N-dealkylation sites (N-methyl/N-ethyl adjacent to an activating group) is 1. The fraction of sp³-hybridized carbons (Fsp3) is 0.538. The van der Waals surface area contributed by atoms with Gasteiger partial charge in [0.1, 0.15) is 0 Å². The Labute approximate surface area is 97.6 Å². The first-order chi connectivity index (χ1) is 7.81. The summed E-state index contributed by atoms with van der Waals surface area (Å²) in [6, 6.07) is 6.78. The molecule has 0 aromatic heterocycles. The van der Waals surface area contributed by atoms with Crippen LogP contribution in [0.2, 0.25) is 0 Å². The number of nitrogens with one attached hydrogen (secondary N) is 1. The second kappa shape index (κ2) is 5.32. The Morgan fingerprint density at radius 1 is 1.44 bits per heavy atom. The SMILES string of the molecule is CN1CCc2cc(CNCCCN)ccc21. The standard InChI is InChI=1S/C13H21N3/c1-16-8-5-12-9-11(3-4-13(12)16)10-15-7-2-6-14/h3-4,9,15H,2,5-8,10,14H2,1H3. The van der Waals surface area contributed by atoms with Crippen molar-refractivity contribution in [3.63, 3.8) is 0 Å². The molecule has 0 bridgehead atoms. The van der Waals surface area contributed by atoms with Gasteiger partial charge in [-0.25, -0.2) is 0 Å². The first-order valence-electron chi connectivity index (χ1n) is 6.05. The number of benzene rings is 1. The Kier molecular flexibility index (Phi) is 3.80. The fourth-order valence-corrected chi connectivity index (χ4v) is 2.19. The molecule has 1 heterocycles. The predicted octanol–water partition coefficient (Wildman–Crippen LogP) is 1.12. The average molecular weight is 219 g/mol. The van der Waals surface area contributed by atoms with Crippen LogP contribution in [0.3, 0.4) is 0 Å². The Hall–Kier alpha value is -1.06. The van der Waals surface area contributed by atoms with Crippen molar-refractivity contribution >= 4 is 5.69 Å². The van der Waals surface area contributed by atoms with Crippen LogP contribution in [-0.2, 0) is 13.0 Å². The summed E-state index contributed by atoms with van der Waals surface area (Å²) in [6.45, 7) is 3.88. The number of nitrogens with two attached hydrogens (primary N) is 1. The van der Waals surface area contributed by atoms with E-state index in [1.165, 1.54) is 23.2 Å². The van der Waals surface area contributed by atoms with E-state index in [1.807, 2.05) is 0 Å². The summed E-state index contributed by atoms with van der Waals surface area (Å²) in [4.78, 5) is 2.32. The molecule has 0 atom stereocenters. The molecule has 0 amide bonds. The quantitative estimate of drug-likeness (QED) is 0.729. The van der Waals surface area contributed by atoms with Crippen LogP contribution in [-0.4, -0.2) is 26.7 Å². The molecule has 0 fully saturated rings. The molecule has 0 aliphatic carbocycles. The molecule has 16 heavy (non-hydrogen) atoms. The van der Waals surface area contributed by atoms with Crippen LogP contribution in [0.4, 0.5) is 5.69 Å². The summed E-state index contributed by atoms with van der Waals surface area (Å²) in [5.74, 6) is 0. The van der Waals surface area contributed by atoms with Crippen LogP contribution in [0, 0.1) is 0 Å². The average Bonchev–Trinajstić information content (AvgIpc) is 2.66. The van der Waals surface area contributed by atoms with E-state index in [0.29, 0.717) is 0 Å². The second-order valence-corrected chi connectivity index (χ2v) is 4.45.